The second kappa shape index (κ2) is 4.87. The van der Waals surface area contributed by atoms with Crippen molar-refractivity contribution in [1.29, 1.82) is 5.26 Å². The first-order chi connectivity index (χ1) is 9.31. The molecule has 1 unspecified atom stereocenters. The normalized spacial score (nSPS) is 18.4. The van der Waals surface area contributed by atoms with Crippen molar-refractivity contribution in [2.75, 3.05) is 25.2 Å². The van der Waals surface area contributed by atoms with E-state index in [1.807, 2.05) is 31.3 Å². The van der Waals surface area contributed by atoms with Crippen LogP contribution in [-0.4, -0.2) is 31.3 Å². The van der Waals surface area contributed by atoms with Crippen molar-refractivity contribution >= 4 is 16.6 Å². The van der Waals surface area contributed by atoms with Crippen LogP contribution in [0, 0.1) is 11.3 Å². The predicted molar refractivity (Wildman–Crippen MR) is 74.1 cm³/mol. The fourth-order valence-corrected chi connectivity index (χ4v) is 2.60. The maximum Gasteiger partial charge on any atom is 0.103 e. The highest BCUT2D eigenvalue weighted by Gasteiger charge is 2.24. The van der Waals surface area contributed by atoms with Crippen LogP contribution in [0.4, 0.5) is 5.69 Å². The molecule has 0 amide bonds. The van der Waals surface area contributed by atoms with Crippen molar-refractivity contribution in [2.24, 2.45) is 0 Å². The Bertz CT molecular complexity index is 641. The molecule has 19 heavy (non-hydrogen) atoms. The van der Waals surface area contributed by atoms with Gasteiger partial charge in [0.2, 0.25) is 0 Å². The molecule has 4 nitrogen and oxygen atoms in total. The van der Waals surface area contributed by atoms with Crippen LogP contribution < -0.4 is 4.90 Å². The van der Waals surface area contributed by atoms with Crippen molar-refractivity contribution < 1.29 is 4.74 Å². The Morgan fingerprint density at radius 2 is 2.26 bits per heavy atom. The number of likely N-dealkylation sites (N-methyl/N-ethyl adjacent to an activating group) is 1. The second-order valence-corrected chi connectivity index (χ2v) is 4.78. The van der Waals surface area contributed by atoms with Crippen molar-refractivity contribution in [3.05, 3.63) is 36.0 Å². The minimum absolute atomic E-state index is 0.331. The molecular weight excluding hydrogens is 238 g/mol. The van der Waals surface area contributed by atoms with E-state index in [-0.39, 0.29) is 0 Å². The van der Waals surface area contributed by atoms with Crippen molar-refractivity contribution in [1.82, 2.24) is 4.98 Å². The van der Waals surface area contributed by atoms with Gasteiger partial charge in [0.15, 0.2) is 0 Å². The summed E-state index contributed by atoms with van der Waals surface area (Å²) in [4.78, 5) is 6.50. The van der Waals surface area contributed by atoms with Crippen LogP contribution >= 0.6 is 0 Å². The van der Waals surface area contributed by atoms with Gasteiger partial charge in [0, 0.05) is 25.2 Å². The molecule has 0 spiro atoms. The van der Waals surface area contributed by atoms with Crippen LogP contribution in [0.1, 0.15) is 12.0 Å². The average molecular weight is 253 g/mol. The maximum absolute atomic E-state index is 9.32. The molecule has 4 heteroatoms. The molecule has 1 saturated heterocycles. The van der Waals surface area contributed by atoms with E-state index in [0.717, 1.165) is 36.2 Å². The van der Waals surface area contributed by atoms with Gasteiger partial charge in [-0.05, 0) is 12.5 Å². The quantitative estimate of drug-likeness (QED) is 0.824. The van der Waals surface area contributed by atoms with Crippen LogP contribution in [0.15, 0.2) is 30.5 Å². The lowest BCUT2D eigenvalue weighted by Crippen LogP contribution is -2.32. The second-order valence-electron chi connectivity index (χ2n) is 4.78. The number of fused-ring (bicyclic) bond motifs is 1. The molecule has 1 aliphatic rings. The summed E-state index contributed by atoms with van der Waals surface area (Å²) < 4.78 is 5.45. The number of aromatic nitrogens is 1. The Labute approximate surface area is 112 Å². The van der Waals surface area contributed by atoms with E-state index in [0.29, 0.717) is 11.6 Å². The lowest BCUT2D eigenvalue weighted by atomic mass is 10.1. The fraction of sp³-hybridized carbons (Fsp3) is 0.333. The van der Waals surface area contributed by atoms with Gasteiger partial charge in [-0.1, -0.05) is 18.2 Å². The summed E-state index contributed by atoms with van der Waals surface area (Å²) >= 11 is 0. The number of ether oxygens (including phenoxy) is 1. The summed E-state index contributed by atoms with van der Waals surface area (Å²) in [5.41, 5.74) is 2.50. The van der Waals surface area contributed by atoms with Crippen LogP contribution in [0.3, 0.4) is 0 Å². The third-order valence-corrected chi connectivity index (χ3v) is 3.67. The Kier molecular flexibility index (Phi) is 3.06. The van der Waals surface area contributed by atoms with Gasteiger partial charge in [-0.15, -0.1) is 0 Å². The van der Waals surface area contributed by atoms with E-state index in [4.69, 9.17) is 4.74 Å². The van der Waals surface area contributed by atoms with Gasteiger partial charge in [0.1, 0.15) is 6.07 Å². The van der Waals surface area contributed by atoms with Gasteiger partial charge in [-0.3, -0.25) is 4.98 Å². The number of rotatable bonds is 2. The first-order valence-electron chi connectivity index (χ1n) is 6.39. The fourth-order valence-electron chi connectivity index (χ4n) is 2.60. The Hall–Kier alpha value is -2.12. The Balaban J connectivity index is 2.16. The van der Waals surface area contributed by atoms with Gasteiger partial charge in [-0.25, -0.2) is 0 Å². The van der Waals surface area contributed by atoms with E-state index in [2.05, 4.69) is 16.0 Å². The van der Waals surface area contributed by atoms with Gasteiger partial charge >= 0.3 is 0 Å². The SMILES string of the molecule is CN(c1c(C#N)cnc2ccccc12)C1CCOC1. The average Bonchev–Trinajstić information content (AvgIpc) is 2.99. The van der Waals surface area contributed by atoms with Gasteiger partial charge in [0.25, 0.3) is 0 Å². The summed E-state index contributed by atoms with van der Waals surface area (Å²) in [5, 5.41) is 10.3. The summed E-state index contributed by atoms with van der Waals surface area (Å²) in [6.07, 6.45) is 2.65. The van der Waals surface area contributed by atoms with E-state index in [1.54, 1.807) is 6.20 Å². The molecule has 1 aromatic carbocycles. The predicted octanol–water partition coefficient (Wildman–Crippen LogP) is 2.33. The summed E-state index contributed by atoms with van der Waals surface area (Å²) in [6.45, 7) is 1.51. The molecular formula is C15H15N3O. The molecule has 3 rings (SSSR count). The van der Waals surface area contributed by atoms with Gasteiger partial charge in [-0.2, -0.15) is 5.26 Å². The molecule has 1 aromatic heterocycles. The van der Waals surface area contributed by atoms with Gasteiger partial charge in [0.05, 0.1) is 29.4 Å². The highest BCUT2D eigenvalue weighted by molar-refractivity contribution is 5.94. The Morgan fingerprint density at radius 1 is 1.42 bits per heavy atom. The molecule has 0 bridgehead atoms. The highest BCUT2D eigenvalue weighted by atomic mass is 16.5. The zero-order valence-electron chi connectivity index (χ0n) is 10.8. The van der Waals surface area contributed by atoms with Crippen LogP contribution in [0.2, 0.25) is 0 Å². The zero-order chi connectivity index (χ0) is 13.2. The van der Waals surface area contributed by atoms with E-state index >= 15 is 0 Å². The molecule has 1 aliphatic heterocycles. The number of nitrogens with zero attached hydrogens (tertiary/aromatic N) is 3. The molecule has 0 radical (unpaired) electrons. The first kappa shape index (κ1) is 11.9. The number of pyridine rings is 1. The minimum Gasteiger partial charge on any atom is -0.379 e. The lowest BCUT2D eigenvalue weighted by Gasteiger charge is -2.27. The molecule has 2 heterocycles. The van der Waals surface area contributed by atoms with Crippen molar-refractivity contribution in [3.8, 4) is 6.07 Å². The standard InChI is InChI=1S/C15H15N3O/c1-18(12-6-7-19-10-12)15-11(8-16)9-17-14-5-3-2-4-13(14)15/h2-5,9,12H,6-7,10H2,1H3. The molecule has 1 fully saturated rings. The van der Waals surface area contributed by atoms with Crippen LogP contribution in [0.25, 0.3) is 10.9 Å². The molecule has 0 N–H and O–H groups in total. The van der Waals surface area contributed by atoms with Gasteiger partial charge < -0.3 is 9.64 Å². The Morgan fingerprint density at radius 3 is 3.00 bits per heavy atom. The zero-order valence-corrected chi connectivity index (χ0v) is 10.8. The smallest absolute Gasteiger partial charge is 0.103 e. The number of nitriles is 1. The van der Waals surface area contributed by atoms with E-state index in [9.17, 15) is 5.26 Å². The third-order valence-electron chi connectivity index (χ3n) is 3.67. The summed E-state index contributed by atoms with van der Waals surface area (Å²) in [6, 6.07) is 10.5. The van der Waals surface area contributed by atoms with Crippen molar-refractivity contribution in [3.63, 3.8) is 0 Å². The number of benzene rings is 1. The molecule has 2 aromatic rings. The molecule has 1 atom stereocenters. The topological polar surface area (TPSA) is 49.2 Å². The first-order valence-corrected chi connectivity index (χ1v) is 6.39. The summed E-state index contributed by atoms with van der Waals surface area (Å²) in [5.74, 6) is 0. The van der Waals surface area contributed by atoms with Crippen molar-refractivity contribution in [2.45, 2.75) is 12.5 Å². The molecule has 0 aliphatic carbocycles. The number of hydrogen-bond donors (Lipinski definition) is 0. The van der Waals surface area contributed by atoms with E-state index in [1.165, 1.54) is 0 Å². The van der Waals surface area contributed by atoms with Crippen LogP contribution in [-0.2, 0) is 4.74 Å². The number of para-hydroxylation sites is 1. The summed E-state index contributed by atoms with van der Waals surface area (Å²) in [7, 11) is 2.03. The maximum atomic E-state index is 9.32. The number of anilines is 1. The largest absolute Gasteiger partial charge is 0.379 e. The monoisotopic (exact) mass is 253 g/mol. The minimum atomic E-state index is 0.331. The van der Waals surface area contributed by atoms with E-state index < -0.39 is 0 Å². The third kappa shape index (κ3) is 2.02. The number of hydrogen-bond acceptors (Lipinski definition) is 4. The lowest BCUT2D eigenvalue weighted by molar-refractivity contribution is 0.193. The molecule has 96 valence electrons. The molecule has 0 saturated carbocycles. The van der Waals surface area contributed by atoms with Crippen LogP contribution in [0.5, 0.6) is 0 Å². The highest BCUT2D eigenvalue weighted by Crippen LogP contribution is 2.31.